The molecule has 0 radical (unpaired) electrons. The van der Waals surface area contributed by atoms with Crippen LogP contribution in [0.5, 0.6) is 0 Å². The first-order valence-electron chi connectivity index (χ1n) is 6.07. The molecule has 0 spiro atoms. The van der Waals surface area contributed by atoms with Crippen LogP contribution in [0.4, 0.5) is 5.69 Å². The molecule has 0 aliphatic rings. The zero-order valence-corrected chi connectivity index (χ0v) is 11.8. The number of rotatable bonds is 7. The summed E-state index contributed by atoms with van der Waals surface area (Å²) in [6, 6.07) is 6.15. The second kappa shape index (κ2) is 6.63. The van der Waals surface area contributed by atoms with Crippen LogP contribution in [0.1, 0.15) is 31.7 Å². The van der Waals surface area contributed by atoms with E-state index in [1.807, 2.05) is 6.92 Å². The van der Waals surface area contributed by atoms with Crippen LogP contribution in [0.15, 0.2) is 24.3 Å². The van der Waals surface area contributed by atoms with E-state index in [4.69, 9.17) is 0 Å². The number of benzene rings is 1. The first-order valence-corrected chi connectivity index (χ1v) is 7.72. The summed E-state index contributed by atoms with van der Waals surface area (Å²) in [7, 11) is -3.21. The fourth-order valence-electron chi connectivity index (χ4n) is 1.64. The van der Waals surface area contributed by atoms with Gasteiger partial charge in [0.2, 0.25) is 10.0 Å². The zero-order valence-electron chi connectivity index (χ0n) is 11.0. The fraction of sp³-hybridized carbons (Fsp3) is 0.500. The van der Waals surface area contributed by atoms with Crippen LogP contribution in [0, 0.1) is 10.1 Å². The third kappa shape index (κ3) is 4.96. The quantitative estimate of drug-likeness (QED) is 0.613. The van der Waals surface area contributed by atoms with Gasteiger partial charge in [-0.1, -0.05) is 26.0 Å². The number of nitrogens with one attached hydrogen (secondary N) is 1. The molecule has 0 aliphatic carbocycles. The van der Waals surface area contributed by atoms with E-state index in [0.717, 1.165) is 5.56 Å². The lowest BCUT2D eigenvalue weighted by Crippen LogP contribution is -2.29. The normalized spacial score (nSPS) is 13.2. The first-order chi connectivity index (χ1) is 8.85. The highest BCUT2D eigenvalue weighted by molar-refractivity contribution is 7.89. The Morgan fingerprint density at radius 1 is 1.32 bits per heavy atom. The molecule has 0 unspecified atom stereocenters. The average molecular weight is 286 g/mol. The van der Waals surface area contributed by atoms with Crippen molar-refractivity contribution in [2.45, 2.75) is 26.2 Å². The molecule has 1 rings (SSSR count). The molecule has 0 bridgehead atoms. The van der Waals surface area contributed by atoms with Crippen molar-refractivity contribution in [2.24, 2.45) is 0 Å². The highest BCUT2D eigenvalue weighted by Gasteiger charge is 2.13. The molecule has 19 heavy (non-hydrogen) atoms. The van der Waals surface area contributed by atoms with E-state index in [0.29, 0.717) is 13.0 Å². The SMILES string of the molecule is CCCS(=O)(=O)NC[C@H](C)c1ccc([N+](=O)[O-])cc1. The molecule has 7 heteroatoms. The molecule has 106 valence electrons. The van der Waals surface area contributed by atoms with Crippen LogP contribution in [0.2, 0.25) is 0 Å². The van der Waals surface area contributed by atoms with E-state index in [1.165, 1.54) is 12.1 Å². The number of hydrogen-bond donors (Lipinski definition) is 1. The van der Waals surface area contributed by atoms with Gasteiger partial charge in [-0.25, -0.2) is 13.1 Å². The smallest absolute Gasteiger partial charge is 0.258 e. The Morgan fingerprint density at radius 3 is 2.37 bits per heavy atom. The standard InChI is InChI=1S/C12H18N2O4S/c1-3-8-19(17,18)13-9-10(2)11-4-6-12(7-5-11)14(15)16/h4-7,10,13H,3,8-9H2,1-2H3/t10-/m0/s1. The van der Waals surface area contributed by atoms with Gasteiger partial charge in [-0.2, -0.15) is 0 Å². The summed E-state index contributed by atoms with van der Waals surface area (Å²) in [4.78, 5) is 10.1. The van der Waals surface area contributed by atoms with Crippen molar-refractivity contribution in [3.05, 3.63) is 39.9 Å². The lowest BCUT2D eigenvalue weighted by Gasteiger charge is -2.13. The summed E-state index contributed by atoms with van der Waals surface area (Å²) in [6.45, 7) is 3.97. The van der Waals surface area contributed by atoms with Gasteiger partial charge in [-0.05, 0) is 17.9 Å². The maximum absolute atomic E-state index is 11.5. The summed E-state index contributed by atoms with van der Waals surface area (Å²) in [5, 5.41) is 10.5. The van der Waals surface area contributed by atoms with Gasteiger partial charge < -0.3 is 0 Å². The predicted molar refractivity (Wildman–Crippen MR) is 73.6 cm³/mol. The van der Waals surface area contributed by atoms with Crippen molar-refractivity contribution in [1.82, 2.24) is 4.72 Å². The van der Waals surface area contributed by atoms with E-state index < -0.39 is 14.9 Å². The summed E-state index contributed by atoms with van der Waals surface area (Å²) in [6.07, 6.45) is 0.571. The van der Waals surface area contributed by atoms with Gasteiger partial charge in [0.05, 0.1) is 10.7 Å². The zero-order chi connectivity index (χ0) is 14.5. The number of nitrogens with zero attached hydrogens (tertiary/aromatic N) is 1. The Morgan fingerprint density at radius 2 is 1.89 bits per heavy atom. The minimum absolute atomic E-state index is 0.0301. The molecule has 1 N–H and O–H groups in total. The van der Waals surface area contributed by atoms with Crippen LogP contribution in [-0.2, 0) is 10.0 Å². The number of nitro groups is 1. The molecule has 0 aliphatic heterocycles. The van der Waals surface area contributed by atoms with Crippen molar-refractivity contribution < 1.29 is 13.3 Å². The molecule has 1 aromatic carbocycles. The van der Waals surface area contributed by atoms with Crippen LogP contribution < -0.4 is 4.72 Å². The van der Waals surface area contributed by atoms with Crippen molar-refractivity contribution >= 4 is 15.7 Å². The minimum Gasteiger partial charge on any atom is -0.258 e. The van der Waals surface area contributed by atoms with Gasteiger partial charge in [0.15, 0.2) is 0 Å². The van der Waals surface area contributed by atoms with E-state index in [9.17, 15) is 18.5 Å². The lowest BCUT2D eigenvalue weighted by atomic mass is 10.0. The molecule has 0 saturated heterocycles. The number of hydrogen-bond acceptors (Lipinski definition) is 4. The van der Waals surface area contributed by atoms with Gasteiger partial charge in [0.1, 0.15) is 0 Å². The molecule has 0 saturated carbocycles. The highest BCUT2D eigenvalue weighted by Crippen LogP contribution is 2.18. The maximum Gasteiger partial charge on any atom is 0.269 e. The molecular weight excluding hydrogens is 268 g/mol. The van der Waals surface area contributed by atoms with Gasteiger partial charge in [0, 0.05) is 18.7 Å². The van der Waals surface area contributed by atoms with E-state index >= 15 is 0 Å². The van der Waals surface area contributed by atoms with Gasteiger partial charge in [0.25, 0.3) is 5.69 Å². The largest absolute Gasteiger partial charge is 0.269 e. The molecule has 0 amide bonds. The molecular formula is C12H18N2O4S. The second-order valence-corrected chi connectivity index (χ2v) is 6.34. The third-order valence-corrected chi connectivity index (χ3v) is 4.31. The Balaban J connectivity index is 2.63. The first kappa shape index (κ1) is 15.6. The Kier molecular flexibility index (Phi) is 5.44. The van der Waals surface area contributed by atoms with Crippen LogP contribution in [0.25, 0.3) is 0 Å². The van der Waals surface area contributed by atoms with E-state index in [2.05, 4.69) is 4.72 Å². The molecule has 1 atom stereocenters. The van der Waals surface area contributed by atoms with Gasteiger partial charge in [-0.3, -0.25) is 10.1 Å². The maximum atomic E-state index is 11.5. The second-order valence-electron chi connectivity index (χ2n) is 4.42. The topological polar surface area (TPSA) is 89.3 Å². The van der Waals surface area contributed by atoms with Crippen molar-refractivity contribution in [3.63, 3.8) is 0 Å². The Hall–Kier alpha value is -1.47. The molecule has 0 fully saturated rings. The summed E-state index contributed by atoms with van der Waals surface area (Å²) < 4.78 is 25.6. The van der Waals surface area contributed by atoms with E-state index in [-0.39, 0.29) is 17.4 Å². The van der Waals surface area contributed by atoms with Crippen LogP contribution in [-0.4, -0.2) is 25.6 Å². The van der Waals surface area contributed by atoms with Crippen LogP contribution in [0.3, 0.4) is 0 Å². The third-order valence-electron chi connectivity index (χ3n) is 2.76. The van der Waals surface area contributed by atoms with Crippen molar-refractivity contribution in [1.29, 1.82) is 0 Å². The lowest BCUT2D eigenvalue weighted by molar-refractivity contribution is -0.384. The molecule has 0 heterocycles. The Bertz CT molecular complexity index is 525. The minimum atomic E-state index is -3.21. The highest BCUT2D eigenvalue weighted by atomic mass is 32.2. The predicted octanol–water partition coefficient (Wildman–Crippen LogP) is 2.03. The van der Waals surface area contributed by atoms with Crippen molar-refractivity contribution in [2.75, 3.05) is 12.3 Å². The average Bonchev–Trinajstić information content (AvgIpc) is 2.36. The van der Waals surface area contributed by atoms with Gasteiger partial charge >= 0.3 is 0 Å². The van der Waals surface area contributed by atoms with E-state index in [1.54, 1.807) is 19.1 Å². The monoisotopic (exact) mass is 286 g/mol. The molecule has 6 nitrogen and oxygen atoms in total. The summed E-state index contributed by atoms with van der Waals surface area (Å²) in [5.74, 6) is 0.0763. The number of non-ortho nitro benzene ring substituents is 1. The number of sulfonamides is 1. The number of nitro benzene ring substituents is 1. The Labute approximate surface area is 113 Å². The molecule has 0 aromatic heterocycles. The summed E-state index contributed by atoms with van der Waals surface area (Å²) >= 11 is 0. The van der Waals surface area contributed by atoms with Crippen LogP contribution >= 0.6 is 0 Å². The molecule has 1 aromatic rings. The van der Waals surface area contributed by atoms with Gasteiger partial charge in [-0.15, -0.1) is 0 Å². The fourth-order valence-corrected chi connectivity index (χ4v) is 2.82. The summed E-state index contributed by atoms with van der Waals surface area (Å²) in [5.41, 5.74) is 0.896. The van der Waals surface area contributed by atoms with Crippen molar-refractivity contribution in [3.8, 4) is 0 Å².